The van der Waals surface area contributed by atoms with Crippen LogP contribution in [0.1, 0.15) is 23.5 Å². The molecule has 1 saturated heterocycles. The van der Waals surface area contributed by atoms with Crippen molar-refractivity contribution < 1.29 is 17.2 Å². The zero-order valence-electron chi connectivity index (χ0n) is 18.9. The molecular weight excluding hydrogens is 567 g/mol. The summed E-state index contributed by atoms with van der Waals surface area (Å²) in [6.07, 6.45) is 2.82. The maximum atomic E-state index is 13.6. The number of thiocarbonyl (C=S) groups is 1. The summed E-state index contributed by atoms with van der Waals surface area (Å²) < 4.78 is 46.2. The van der Waals surface area contributed by atoms with E-state index in [1.165, 1.54) is 12.1 Å². The van der Waals surface area contributed by atoms with Crippen molar-refractivity contribution in [2.45, 2.75) is 12.1 Å². The highest BCUT2D eigenvalue weighted by atomic mass is 79.9. The van der Waals surface area contributed by atoms with Crippen molar-refractivity contribution >= 4 is 54.7 Å². The average molecular weight is 587 g/mol. The molecular formula is C25H20BrFN4O3S2. The van der Waals surface area contributed by atoms with Gasteiger partial charge in [0.05, 0.1) is 18.0 Å². The lowest BCUT2D eigenvalue weighted by Crippen LogP contribution is -2.29. The first kappa shape index (κ1) is 24.4. The van der Waals surface area contributed by atoms with Crippen molar-refractivity contribution in [2.24, 2.45) is 0 Å². The molecule has 2 N–H and O–H groups in total. The van der Waals surface area contributed by atoms with Gasteiger partial charge < -0.3 is 14.6 Å². The van der Waals surface area contributed by atoms with Gasteiger partial charge in [-0.1, -0.05) is 6.07 Å². The van der Waals surface area contributed by atoms with Gasteiger partial charge >= 0.3 is 0 Å². The molecule has 184 valence electrons. The fourth-order valence-corrected chi connectivity index (χ4v) is 5.63. The van der Waals surface area contributed by atoms with Crippen LogP contribution in [0.25, 0.3) is 11.3 Å². The van der Waals surface area contributed by atoms with Crippen molar-refractivity contribution in [3.05, 3.63) is 101 Å². The SMILES string of the molecule is CS(=O)(=O)Nc1ccc(N2C(=S)N[C@H](c3ccccn3)[C@H]2c2ccc(-c3ccc(F)cc3Br)o2)cc1. The molecule has 2 atom stereocenters. The van der Waals surface area contributed by atoms with Crippen LogP contribution in [0, 0.1) is 5.82 Å². The Morgan fingerprint density at radius 2 is 1.89 bits per heavy atom. The highest BCUT2D eigenvalue weighted by Crippen LogP contribution is 2.43. The molecule has 1 aliphatic rings. The number of rotatable bonds is 6. The number of sulfonamides is 1. The lowest BCUT2D eigenvalue weighted by Gasteiger charge is -2.26. The molecule has 3 heterocycles. The van der Waals surface area contributed by atoms with Gasteiger partial charge in [0.1, 0.15) is 23.4 Å². The van der Waals surface area contributed by atoms with Gasteiger partial charge in [-0.3, -0.25) is 9.71 Å². The second-order valence-electron chi connectivity index (χ2n) is 8.24. The van der Waals surface area contributed by atoms with Crippen molar-refractivity contribution in [1.82, 2.24) is 10.3 Å². The van der Waals surface area contributed by atoms with Crippen LogP contribution in [0.3, 0.4) is 0 Å². The summed E-state index contributed by atoms with van der Waals surface area (Å²) in [6.45, 7) is 0. The molecule has 7 nitrogen and oxygen atoms in total. The Hall–Kier alpha value is -3.28. The predicted molar refractivity (Wildman–Crippen MR) is 145 cm³/mol. The minimum absolute atomic E-state index is 0.317. The maximum Gasteiger partial charge on any atom is 0.229 e. The highest BCUT2D eigenvalue weighted by Gasteiger charge is 2.42. The lowest BCUT2D eigenvalue weighted by atomic mass is 10.0. The number of benzene rings is 2. The van der Waals surface area contributed by atoms with Gasteiger partial charge in [-0.05, 0) is 94.9 Å². The Bertz CT molecular complexity index is 1530. The molecule has 0 amide bonds. The average Bonchev–Trinajstić information content (AvgIpc) is 3.44. The first-order chi connectivity index (χ1) is 17.2. The number of anilines is 2. The fourth-order valence-electron chi connectivity index (χ4n) is 4.17. The van der Waals surface area contributed by atoms with Gasteiger partial charge in [0.15, 0.2) is 5.11 Å². The van der Waals surface area contributed by atoms with Gasteiger partial charge in [0, 0.05) is 27.6 Å². The summed E-state index contributed by atoms with van der Waals surface area (Å²) in [4.78, 5) is 6.44. The van der Waals surface area contributed by atoms with E-state index in [4.69, 9.17) is 16.6 Å². The second kappa shape index (κ2) is 9.64. The number of nitrogens with one attached hydrogen (secondary N) is 2. The Kier molecular flexibility index (Phi) is 6.54. The standard InChI is InChI=1S/C25H20BrFN4O3S2/c1-36(32,33)30-16-6-8-17(9-7-16)31-24(23(29-25(31)35)20-4-2-3-13-28-20)22-12-11-21(34-22)18-10-5-15(27)14-19(18)26/h2-14,23-24,30H,1H3,(H,29,35)/t23-,24-/m1/s1. The molecule has 0 radical (unpaired) electrons. The van der Waals surface area contributed by atoms with Gasteiger partial charge in [0.25, 0.3) is 0 Å². The van der Waals surface area contributed by atoms with Crippen molar-refractivity contribution in [1.29, 1.82) is 0 Å². The van der Waals surface area contributed by atoms with Crippen molar-refractivity contribution in [3.63, 3.8) is 0 Å². The van der Waals surface area contributed by atoms with E-state index in [2.05, 4.69) is 31.0 Å². The monoisotopic (exact) mass is 586 g/mol. The summed E-state index contributed by atoms with van der Waals surface area (Å²) in [5, 5.41) is 3.83. The van der Waals surface area contributed by atoms with Gasteiger partial charge in [-0.2, -0.15) is 0 Å². The summed E-state index contributed by atoms with van der Waals surface area (Å²) >= 11 is 9.13. The van der Waals surface area contributed by atoms with Crippen molar-refractivity contribution in [2.75, 3.05) is 15.9 Å². The molecule has 1 aliphatic heterocycles. The van der Waals surface area contributed by atoms with E-state index >= 15 is 0 Å². The van der Waals surface area contributed by atoms with E-state index < -0.39 is 16.1 Å². The summed E-state index contributed by atoms with van der Waals surface area (Å²) in [5.74, 6) is 0.850. The first-order valence-electron chi connectivity index (χ1n) is 10.8. The quantitative estimate of drug-likeness (QED) is 0.276. The zero-order chi connectivity index (χ0) is 25.4. The molecule has 36 heavy (non-hydrogen) atoms. The molecule has 2 aromatic carbocycles. The second-order valence-corrected chi connectivity index (χ2v) is 11.2. The lowest BCUT2D eigenvalue weighted by molar-refractivity contribution is 0.439. The van der Waals surface area contributed by atoms with E-state index in [9.17, 15) is 12.8 Å². The van der Waals surface area contributed by atoms with Gasteiger partial charge in [-0.25, -0.2) is 12.8 Å². The number of furan rings is 1. The van der Waals surface area contributed by atoms with Gasteiger partial charge in [-0.15, -0.1) is 0 Å². The van der Waals surface area contributed by atoms with Crippen LogP contribution in [-0.2, 0) is 10.0 Å². The van der Waals surface area contributed by atoms with Gasteiger partial charge in [0.2, 0.25) is 10.0 Å². The fraction of sp³-hybridized carbons (Fsp3) is 0.120. The van der Waals surface area contributed by atoms with Crippen LogP contribution >= 0.6 is 28.1 Å². The number of halogens is 2. The normalized spacial score (nSPS) is 17.8. The Morgan fingerprint density at radius 3 is 2.56 bits per heavy atom. The number of hydrogen-bond donors (Lipinski definition) is 2. The molecule has 0 saturated carbocycles. The predicted octanol–water partition coefficient (Wildman–Crippen LogP) is 5.79. The van der Waals surface area contributed by atoms with Crippen LogP contribution in [0.4, 0.5) is 15.8 Å². The minimum Gasteiger partial charge on any atom is -0.459 e. The largest absolute Gasteiger partial charge is 0.459 e. The maximum absolute atomic E-state index is 13.6. The molecule has 0 bridgehead atoms. The first-order valence-corrected chi connectivity index (χ1v) is 13.9. The minimum atomic E-state index is -3.40. The van der Waals surface area contributed by atoms with E-state index in [0.717, 1.165) is 17.6 Å². The van der Waals surface area contributed by atoms with Crippen LogP contribution in [0.15, 0.2) is 87.9 Å². The number of aromatic nitrogens is 1. The van der Waals surface area contributed by atoms with Crippen LogP contribution in [0.5, 0.6) is 0 Å². The van der Waals surface area contributed by atoms with Crippen LogP contribution in [-0.4, -0.2) is 24.8 Å². The Balaban J connectivity index is 1.56. The Labute approximate surface area is 221 Å². The van der Waals surface area contributed by atoms with E-state index in [1.807, 2.05) is 35.2 Å². The third-order valence-corrected chi connectivity index (χ3v) is 7.24. The van der Waals surface area contributed by atoms with E-state index in [0.29, 0.717) is 32.4 Å². The van der Waals surface area contributed by atoms with Crippen LogP contribution < -0.4 is 14.9 Å². The third kappa shape index (κ3) is 4.99. The van der Waals surface area contributed by atoms with Crippen molar-refractivity contribution in [3.8, 4) is 11.3 Å². The van der Waals surface area contributed by atoms with E-state index in [-0.39, 0.29) is 11.9 Å². The number of nitrogens with zero attached hydrogens (tertiary/aromatic N) is 2. The molecule has 4 aromatic rings. The van der Waals surface area contributed by atoms with Crippen LogP contribution in [0.2, 0.25) is 0 Å². The molecule has 0 aliphatic carbocycles. The summed E-state index contributed by atoms with van der Waals surface area (Å²) in [7, 11) is -3.40. The molecule has 5 rings (SSSR count). The summed E-state index contributed by atoms with van der Waals surface area (Å²) in [5.41, 5.74) is 2.69. The summed E-state index contributed by atoms with van der Waals surface area (Å²) in [6, 6.07) is 20.0. The Morgan fingerprint density at radius 1 is 1.11 bits per heavy atom. The molecule has 0 unspecified atom stereocenters. The molecule has 2 aromatic heterocycles. The molecule has 0 spiro atoms. The topological polar surface area (TPSA) is 87.5 Å². The number of pyridine rings is 1. The molecule has 11 heteroatoms. The molecule has 1 fully saturated rings. The number of hydrogen-bond acceptors (Lipinski definition) is 5. The van der Waals surface area contributed by atoms with E-state index in [1.54, 1.807) is 36.5 Å². The third-order valence-electron chi connectivity index (χ3n) is 5.66. The highest BCUT2D eigenvalue weighted by molar-refractivity contribution is 9.10. The zero-order valence-corrected chi connectivity index (χ0v) is 22.1. The smallest absolute Gasteiger partial charge is 0.229 e.